The first-order valence-corrected chi connectivity index (χ1v) is 6.49. The Morgan fingerprint density at radius 3 is 3.00 bits per heavy atom. The van der Waals surface area contributed by atoms with Gasteiger partial charge in [0.2, 0.25) is 0 Å². The predicted molar refractivity (Wildman–Crippen MR) is 72.3 cm³/mol. The van der Waals surface area contributed by atoms with Gasteiger partial charge >= 0.3 is 0 Å². The van der Waals surface area contributed by atoms with E-state index in [-0.39, 0.29) is 6.04 Å². The van der Waals surface area contributed by atoms with Gasteiger partial charge in [0.15, 0.2) is 0 Å². The Balaban J connectivity index is 2.10. The fourth-order valence-corrected chi connectivity index (χ4v) is 2.06. The van der Waals surface area contributed by atoms with E-state index in [0.29, 0.717) is 6.61 Å². The van der Waals surface area contributed by atoms with E-state index < -0.39 is 0 Å². The van der Waals surface area contributed by atoms with Crippen molar-refractivity contribution in [2.24, 2.45) is 5.73 Å². The summed E-state index contributed by atoms with van der Waals surface area (Å²) in [6.45, 7) is 2.42. The number of ether oxygens (including phenoxy) is 1. The van der Waals surface area contributed by atoms with Gasteiger partial charge in [0.25, 0.3) is 0 Å². The number of nitrogens with zero attached hydrogens (tertiary/aromatic N) is 1. The molecule has 2 aromatic rings. The third-order valence-corrected chi connectivity index (χ3v) is 2.94. The van der Waals surface area contributed by atoms with E-state index in [1.807, 2.05) is 25.1 Å². The lowest BCUT2D eigenvalue weighted by molar-refractivity contribution is 0.300. The molecule has 1 heterocycles. The van der Waals surface area contributed by atoms with Crippen LogP contribution in [0.3, 0.4) is 0 Å². The molecule has 0 aliphatic carbocycles. The summed E-state index contributed by atoms with van der Waals surface area (Å²) in [6, 6.07) is 6.02. The number of hydrogen-bond acceptors (Lipinski definition) is 4. The second-order valence-electron chi connectivity index (χ2n) is 4.25. The SMILES string of the molecule is CC(N)Cc1cc(Br)ccc1OCc1cnoc1. The predicted octanol–water partition coefficient (Wildman–Crippen LogP) is 2.91. The Hall–Kier alpha value is -1.33. The largest absolute Gasteiger partial charge is 0.488 e. The summed E-state index contributed by atoms with van der Waals surface area (Å²) >= 11 is 3.45. The molecule has 96 valence electrons. The zero-order valence-corrected chi connectivity index (χ0v) is 11.7. The van der Waals surface area contributed by atoms with Crippen LogP contribution in [0.15, 0.2) is 39.7 Å². The summed E-state index contributed by atoms with van der Waals surface area (Å²) in [5.74, 6) is 0.844. The van der Waals surface area contributed by atoms with Crippen LogP contribution in [0.1, 0.15) is 18.1 Å². The van der Waals surface area contributed by atoms with Gasteiger partial charge in [-0.05, 0) is 37.1 Å². The van der Waals surface area contributed by atoms with Crippen molar-refractivity contribution in [3.05, 3.63) is 46.3 Å². The molecule has 1 unspecified atom stereocenters. The fourth-order valence-electron chi connectivity index (χ4n) is 1.65. The highest BCUT2D eigenvalue weighted by Crippen LogP contribution is 2.25. The average Bonchev–Trinajstić information content (AvgIpc) is 2.80. The molecule has 1 aromatic heterocycles. The summed E-state index contributed by atoms with van der Waals surface area (Å²) in [6.07, 6.45) is 3.99. The van der Waals surface area contributed by atoms with Gasteiger partial charge in [-0.2, -0.15) is 0 Å². The molecule has 0 fully saturated rings. The first-order valence-electron chi connectivity index (χ1n) is 5.70. The lowest BCUT2D eigenvalue weighted by Crippen LogP contribution is -2.18. The fraction of sp³-hybridized carbons (Fsp3) is 0.308. The van der Waals surface area contributed by atoms with Crippen LogP contribution in [0, 0.1) is 0 Å². The summed E-state index contributed by atoms with van der Waals surface area (Å²) in [5, 5.41) is 3.64. The maximum atomic E-state index is 5.84. The highest BCUT2D eigenvalue weighted by molar-refractivity contribution is 9.10. The molecule has 0 saturated heterocycles. The van der Waals surface area contributed by atoms with Gasteiger partial charge in [-0.25, -0.2) is 0 Å². The van der Waals surface area contributed by atoms with Crippen LogP contribution in [-0.2, 0) is 13.0 Å². The molecule has 5 heteroatoms. The van der Waals surface area contributed by atoms with Crippen molar-refractivity contribution in [2.45, 2.75) is 26.0 Å². The van der Waals surface area contributed by atoms with Crippen molar-refractivity contribution < 1.29 is 9.26 Å². The van der Waals surface area contributed by atoms with Gasteiger partial charge in [-0.3, -0.25) is 0 Å². The monoisotopic (exact) mass is 310 g/mol. The topological polar surface area (TPSA) is 61.3 Å². The lowest BCUT2D eigenvalue weighted by Gasteiger charge is -2.13. The van der Waals surface area contributed by atoms with Crippen molar-refractivity contribution in [1.29, 1.82) is 0 Å². The number of rotatable bonds is 5. The molecule has 0 amide bonds. The maximum Gasteiger partial charge on any atom is 0.130 e. The number of nitrogens with two attached hydrogens (primary N) is 1. The van der Waals surface area contributed by atoms with Gasteiger partial charge in [0.1, 0.15) is 18.6 Å². The summed E-state index contributed by atoms with van der Waals surface area (Å²) < 4.78 is 11.5. The summed E-state index contributed by atoms with van der Waals surface area (Å²) in [7, 11) is 0. The van der Waals surface area contributed by atoms with Gasteiger partial charge in [0.05, 0.1) is 6.20 Å². The Labute approximate surface area is 114 Å². The quantitative estimate of drug-likeness (QED) is 0.922. The molecule has 0 aliphatic rings. The van der Waals surface area contributed by atoms with E-state index in [9.17, 15) is 0 Å². The van der Waals surface area contributed by atoms with E-state index >= 15 is 0 Å². The molecule has 1 atom stereocenters. The standard InChI is InChI=1S/C13H15BrN2O2/c1-9(15)4-11-5-12(14)2-3-13(11)17-7-10-6-16-18-8-10/h2-3,5-6,8-9H,4,7,15H2,1H3. The lowest BCUT2D eigenvalue weighted by atomic mass is 10.1. The Kier molecular flexibility index (Phi) is 4.38. The number of aromatic nitrogens is 1. The van der Waals surface area contributed by atoms with E-state index in [1.165, 1.54) is 0 Å². The molecule has 1 aromatic carbocycles. The van der Waals surface area contributed by atoms with Crippen LogP contribution < -0.4 is 10.5 Å². The van der Waals surface area contributed by atoms with E-state index in [1.54, 1.807) is 12.5 Å². The minimum absolute atomic E-state index is 0.0947. The third kappa shape index (κ3) is 3.58. The van der Waals surface area contributed by atoms with Crippen LogP contribution in [0.25, 0.3) is 0 Å². The molecule has 0 radical (unpaired) electrons. The highest BCUT2D eigenvalue weighted by atomic mass is 79.9. The number of halogens is 1. The van der Waals surface area contributed by atoms with Crippen molar-refractivity contribution in [1.82, 2.24) is 5.16 Å². The maximum absolute atomic E-state index is 5.84. The minimum Gasteiger partial charge on any atom is -0.488 e. The highest BCUT2D eigenvalue weighted by Gasteiger charge is 2.08. The molecule has 4 nitrogen and oxygen atoms in total. The van der Waals surface area contributed by atoms with Crippen molar-refractivity contribution in [3.63, 3.8) is 0 Å². The van der Waals surface area contributed by atoms with Crippen molar-refractivity contribution in [2.75, 3.05) is 0 Å². The molecular formula is C13H15BrN2O2. The molecule has 2 N–H and O–H groups in total. The molecule has 0 aliphatic heterocycles. The molecule has 18 heavy (non-hydrogen) atoms. The van der Waals surface area contributed by atoms with Gasteiger partial charge in [-0.15, -0.1) is 0 Å². The number of hydrogen-bond donors (Lipinski definition) is 1. The summed E-state index contributed by atoms with van der Waals surface area (Å²) in [4.78, 5) is 0. The van der Waals surface area contributed by atoms with Crippen molar-refractivity contribution >= 4 is 15.9 Å². The summed E-state index contributed by atoms with van der Waals surface area (Å²) in [5.41, 5.74) is 7.84. The second-order valence-corrected chi connectivity index (χ2v) is 5.17. The van der Waals surface area contributed by atoms with Gasteiger partial charge in [0, 0.05) is 16.1 Å². The molecule has 0 bridgehead atoms. The van der Waals surface area contributed by atoms with Crippen LogP contribution in [0.5, 0.6) is 5.75 Å². The molecule has 0 saturated carbocycles. The van der Waals surface area contributed by atoms with Crippen molar-refractivity contribution in [3.8, 4) is 5.75 Å². The zero-order valence-electron chi connectivity index (χ0n) is 10.1. The number of benzene rings is 1. The van der Waals surface area contributed by atoms with Crippen LogP contribution >= 0.6 is 15.9 Å². The zero-order chi connectivity index (χ0) is 13.0. The smallest absolute Gasteiger partial charge is 0.130 e. The first kappa shape index (κ1) is 13.1. The Morgan fingerprint density at radius 1 is 1.50 bits per heavy atom. The molecular weight excluding hydrogens is 296 g/mol. The van der Waals surface area contributed by atoms with Crippen LogP contribution in [0.4, 0.5) is 0 Å². The van der Waals surface area contributed by atoms with Gasteiger partial charge < -0.3 is 15.0 Å². The van der Waals surface area contributed by atoms with E-state index in [2.05, 4.69) is 21.1 Å². The van der Waals surface area contributed by atoms with Crippen LogP contribution in [0.2, 0.25) is 0 Å². The van der Waals surface area contributed by atoms with Gasteiger partial charge in [-0.1, -0.05) is 21.1 Å². The molecule has 2 rings (SSSR count). The molecule has 0 spiro atoms. The Bertz CT molecular complexity index is 498. The second kappa shape index (κ2) is 6.02. The first-order chi connectivity index (χ1) is 8.65. The Morgan fingerprint density at radius 2 is 2.33 bits per heavy atom. The normalized spacial score (nSPS) is 12.4. The third-order valence-electron chi connectivity index (χ3n) is 2.44. The minimum atomic E-state index is 0.0947. The average molecular weight is 311 g/mol. The van der Waals surface area contributed by atoms with E-state index in [4.69, 9.17) is 15.0 Å². The van der Waals surface area contributed by atoms with E-state index in [0.717, 1.165) is 27.8 Å². The van der Waals surface area contributed by atoms with Crippen LogP contribution in [-0.4, -0.2) is 11.2 Å².